The highest BCUT2D eigenvalue weighted by molar-refractivity contribution is 6.36. The highest BCUT2D eigenvalue weighted by Crippen LogP contribution is 2.25. The van der Waals surface area contributed by atoms with E-state index in [1.807, 2.05) is 0 Å². The van der Waals surface area contributed by atoms with Crippen molar-refractivity contribution in [2.24, 2.45) is 5.92 Å². The van der Waals surface area contributed by atoms with Gasteiger partial charge in [-0.15, -0.1) is 0 Å². The molecule has 1 fully saturated rings. The van der Waals surface area contributed by atoms with Gasteiger partial charge in [0, 0.05) is 18.0 Å². The number of hydrogen-bond acceptors (Lipinski definition) is 5. The fraction of sp³-hybridized carbons (Fsp3) is 0.278. The molecule has 27 heavy (non-hydrogen) atoms. The van der Waals surface area contributed by atoms with Crippen LogP contribution in [0.25, 0.3) is 0 Å². The normalized spacial score (nSPS) is 16.4. The van der Waals surface area contributed by atoms with Crippen LogP contribution in [0.2, 0.25) is 10.0 Å². The highest BCUT2D eigenvalue weighted by Gasteiger charge is 2.35. The van der Waals surface area contributed by atoms with Crippen LogP contribution < -0.4 is 5.32 Å². The van der Waals surface area contributed by atoms with Gasteiger partial charge in [0.25, 0.3) is 5.91 Å². The molecule has 1 aliphatic heterocycles. The standard InChI is InChI=1S/C18H16Cl2N2O5/c19-12-3-4-15(14(20)7-12)21-16(23)10-27-18(25)11-6-17(24)22(8-11)9-13-2-1-5-26-13/h1-5,7,11H,6,8-10H2,(H,21,23)/t11-/m0/s1. The van der Waals surface area contributed by atoms with E-state index >= 15 is 0 Å². The molecule has 0 aliphatic carbocycles. The van der Waals surface area contributed by atoms with Gasteiger partial charge < -0.3 is 19.4 Å². The lowest BCUT2D eigenvalue weighted by molar-refractivity contribution is -0.151. The Labute approximate surface area is 165 Å². The number of halogens is 2. The number of rotatable bonds is 6. The lowest BCUT2D eigenvalue weighted by Gasteiger charge is -2.14. The Morgan fingerprint density at radius 1 is 1.30 bits per heavy atom. The Balaban J connectivity index is 1.47. The minimum atomic E-state index is -0.612. The average Bonchev–Trinajstić information content (AvgIpc) is 3.26. The maximum absolute atomic E-state index is 12.2. The first-order valence-corrected chi connectivity index (χ1v) is 8.89. The lowest BCUT2D eigenvalue weighted by atomic mass is 10.1. The molecule has 9 heteroatoms. The van der Waals surface area contributed by atoms with Gasteiger partial charge in [0.15, 0.2) is 6.61 Å². The van der Waals surface area contributed by atoms with Gasteiger partial charge in [-0.2, -0.15) is 0 Å². The van der Waals surface area contributed by atoms with Gasteiger partial charge in [-0.1, -0.05) is 23.2 Å². The lowest BCUT2D eigenvalue weighted by Crippen LogP contribution is -2.28. The number of benzene rings is 1. The molecule has 0 unspecified atom stereocenters. The summed E-state index contributed by atoms with van der Waals surface area (Å²) in [4.78, 5) is 37.7. The number of esters is 1. The van der Waals surface area contributed by atoms with Crippen LogP contribution in [-0.2, 0) is 25.7 Å². The van der Waals surface area contributed by atoms with E-state index in [0.29, 0.717) is 23.0 Å². The molecule has 1 aliphatic rings. The van der Waals surface area contributed by atoms with Crippen LogP contribution in [0, 0.1) is 5.92 Å². The van der Waals surface area contributed by atoms with E-state index in [0.717, 1.165) is 0 Å². The highest BCUT2D eigenvalue weighted by atomic mass is 35.5. The Kier molecular flexibility index (Phi) is 6.03. The van der Waals surface area contributed by atoms with E-state index < -0.39 is 24.4 Å². The number of likely N-dealkylation sites (tertiary alicyclic amines) is 1. The first-order chi connectivity index (χ1) is 12.9. The van der Waals surface area contributed by atoms with Gasteiger partial charge in [0.1, 0.15) is 5.76 Å². The second-order valence-corrected chi connectivity index (χ2v) is 6.88. The number of nitrogens with one attached hydrogen (secondary N) is 1. The third kappa shape index (κ3) is 5.02. The SMILES string of the molecule is O=C(COC(=O)[C@H]1CC(=O)N(Cc2ccco2)C1)Nc1ccc(Cl)cc1Cl. The van der Waals surface area contributed by atoms with E-state index in [2.05, 4.69) is 5.32 Å². The van der Waals surface area contributed by atoms with Crippen LogP contribution in [-0.4, -0.2) is 35.8 Å². The molecule has 0 saturated carbocycles. The van der Waals surface area contributed by atoms with Gasteiger partial charge in [0.2, 0.25) is 5.91 Å². The predicted octanol–water partition coefficient (Wildman–Crippen LogP) is 3.12. The second-order valence-electron chi connectivity index (χ2n) is 6.03. The Morgan fingerprint density at radius 2 is 2.11 bits per heavy atom. The molecule has 7 nitrogen and oxygen atoms in total. The third-order valence-electron chi connectivity index (χ3n) is 4.03. The van der Waals surface area contributed by atoms with E-state index in [1.54, 1.807) is 24.3 Å². The van der Waals surface area contributed by atoms with Crippen molar-refractivity contribution in [3.8, 4) is 0 Å². The summed E-state index contributed by atoms with van der Waals surface area (Å²) >= 11 is 11.8. The number of carbonyl (C=O) groups excluding carboxylic acids is 3. The second kappa shape index (κ2) is 8.45. The van der Waals surface area contributed by atoms with Crippen LogP contribution in [0.3, 0.4) is 0 Å². The van der Waals surface area contributed by atoms with Gasteiger partial charge in [0.05, 0.1) is 29.4 Å². The summed E-state index contributed by atoms with van der Waals surface area (Å²) in [5.74, 6) is -1.27. The molecule has 0 bridgehead atoms. The maximum Gasteiger partial charge on any atom is 0.311 e. The maximum atomic E-state index is 12.2. The molecule has 0 spiro atoms. The van der Waals surface area contributed by atoms with Gasteiger partial charge in [-0.05, 0) is 30.3 Å². The largest absolute Gasteiger partial charge is 0.467 e. The number of carbonyl (C=O) groups is 3. The van der Waals surface area contributed by atoms with Gasteiger partial charge in [-0.3, -0.25) is 14.4 Å². The Morgan fingerprint density at radius 3 is 2.81 bits per heavy atom. The Bertz CT molecular complexity index is 853. The van der Waals surface area contributed by atoms with Crippen LogP contribution in [0.4, 0.5) is 5.69 Å². The molecular weight excluding hydrogens is 395 g/mol. The third-order valence-corrected chi connectivity index (χ3v) is 4.57. The summed E-state index contributed by atoms with van der Waals surface area (Å²) in [6, 6.07) is 8.10. The average molecular weight is 411 g/mol. The molecule has 0 radical (unpaired) electrons. The number of nitrogens with zero attached hydrogens (tertiary/aromatic N) is 1. The fourth-order valence-electron chi connectivity index (χ4n) is 2.71. The number of anilines is 1. The van der Waals surface area contributed by atoms with Gasteiger partial charge >= 0.3 is 5.97 Å². The molecule has 2 amide bonds. The quantitative estimate of drug-likeness (QED) is 0.738. The minimum absolute atomic E-state index is 0.0458. The van der Waals surface area contributed by atoms with Crippen molar-refractivity contribution in [3.05, 3.63) is 52.4 Å². The van der Waals surface area contributed by atoms with Crippen molar-refractivity contribution in [2.75, 3.05) is 18.5 Å². The molecule has 3 rings (SSSR count). The summed E-state index contributed by atoms with van der Waals surface area (Å²) < 4.78 is 10.2. The van der Waals surface area contributed by atoms with Crippen molar-refractivity contribution >= 4 is 46.7 Å². The number of amides is 2. The van der Waals surface area contributed by atoms with Crippen molar-refractivity contribution in [3.63, 3.8) is 0 Å². The molecule has 1 saturated heterocycles. The summed E-state index contributed by atoms with van der Waals surface area (Å²) in [6.07, 6.45) is 1.57. The van der Waals surface area contributed by atoms with Crippen molar-refractivity contribution in [2.45, 2.75) is 13.0 Å². The molecule has 1 aromatic carbocycles. The first kappa shape index (κ1) is 19.3. The zero-order chi connectivity index (χ0) is 19.4. The minimum Gasteiger partial charge on any atom is -0.467 e. The summed E-state index contributed by atoms with van der Waals surface area (Å²) in [6.45, 7) is 0.0504. The Hall–Kier alpha value is -2.51. The molecular formula is C18H16Cl2N2O5. The van der Waals surface area contributed by atoms with Crippen molar-refractivity contribution < 1.29 is 23.5 Å². The topological polar surface area (TPSA) is 88.9 Å². The van der Waals surface area contributed by atoms with E-state index in [9.17, 15) is 14.4 Å². The van der Waals surface area contributed by atoms with E-state index in [4.69, 9.17) is 32.4 Å². The van der Waals surface area contributed by atoms with Crippen molar-refractivity contribution in [1.82, 2.24) is 4.90 Å². The molecule has 2 heterocycles. The zero-order valence-corrected chi connectivity index (χ0v) is 15.6. The number of furan rings is 1. The molecule has 1 N–H and O–H groups in total. The smallest absolute Gasteiger partial charge is 0.311 e. The van der Waals surface area contributed by atoms with Crippen LogP contribution >= 0.6 is 23.2 Å². The monoisotopic (exact) mass is 410 g/mol. The number of ether oxygens (including phenoxy) is 1. The van der Waals surface area contributed by atoms with Crippen LogP contribution in [0.1, 0.15) is 12.2 Å². The van der Waals surface area contributed by atoms with Gasteiger partial charge in [-0.25, -0.2) is 0 Å². The predicted molar refractivity (Wildman–Crippen MR) is 98.3 cm³/mol. The molecule has 1 atom stereocenters. The first-order valence-electron chi connectivity index (χ1n) is 8.14. The number of hydrogen-bond donors (Lipinski definition) is 1. The van der Waals surface area contributed by atoms with E-state index in [1.165, 1.54) is 17.2 Å². The zero-order valence-electron chi connectivity index (χ0n) is 14.1. The molecule has 142 valence electrons. The van der Waals surface area contributed by atoms with Crippen molar-refractivity contribution in [1.29, 1.82) is 0 Å². The molecule has 2 aromatic rings. The molecule has 1 aromatic heterocycles. The summed E-state index contributed by atoms with van der Waals surface area (Å²) in [7, 11) is 0. The fourth-order valence-corrected chi connectivity index (χ4v) is 3.16. The summed E-state index contributed by atoms with van der Waals surface area (Å²) in [5.41, 5.74) is 0.364. The van der Waals surface area contributed by atoms with E-state index in [-0.39, 0.29) is 23.9 Å². The van der Waals surface area contributed by atoms with Crippen LogP contribution in [0.5, 0.6) is 0 Å². The summed E-state index contributed by atoms with van der Waals surface area (Å²) in [5, 5.41) is 3.25. The van der Waals surface area contributed by atoms with Crippen LogP contribution in [0.15, 0.2) is 41.0 Å².